The molecule has 3 heteroatoms. The summed E-state index contributed by atoms with van der Waals surface area (Å²) >= 11 is 1.73. The zero-order valence-corrected chi connectivity index (χ0v) is 7.69. The monoisotopic (exact) mass is 163 g/mol. The van der Waals surface area contributed by atoms with E-state index in [0.717, 1.165) is 0 Å². The molecule has 2 nitrogen and oxygen atoms in total. The topological polar surface area (TPSA) is 46.2 Å². The first-order valence-electron chi connectivity index (χ1n) is 3.59. The number of rotatable bonds is 4. The van der Waals surface area contributed by atoms with Crippen molar-refractivity contribution in [3.8, 4) is 0 Å². The van der Waals surface area contributed by atoms with E-state index >= 15 is 0 Å². The van der Waals surface area contributed by atoms with Gasteiger partial charge >= 0.3 is 0 Å². The van der Waals surface area contributed by atoms with Crippen molar-refractivity contribution < 1.29 is 5.11 Å². The van der Waals surface area contributed by atoms with Gasteiger partial charge in [0.25, 0.3) is 0 Å². The van der Waals surface area contributed by atoms with Crippen molar-refractivity contribution in [2.75, 3.05) is 6.61 Å². The minimum atomic E-state index is 0.207. The van der Waals surface area contributed by atoms with Gasteiger partial charge in [-0.2, -0.15) is 11.8 Å². The zero-order valence-electron chi connectivity index (χ0n) is 6.87. The molecule has 0 rings (SSSR count). The first kappa shape index (κ1) is 10.3. The fraction of sp³-hybridized carbons (Fsp3) is 1.00. The summed E-state index contributed by atoms with van der Waals surface area (Å²) in [6, 6.07) is 0.207. The van der Waals surface area contributed by atoms with Crippen LogP contribution in [0.25, 0.3) is 0 Å². The van der Waals surface area contributed by atoms with Crippen LogP contribution in [0.15, 0.2) is 0 Å². The molecular formula is C7H17NOS. The SMILES string of the molecule is CC(CO)SC(C)C(C)N. The van der Waals surface area contributed by atoms with E-state index in [2.05, 4.69) is 6.92 Å². The molecule has 0 saturated carbocycles. The molecule has 0 saturated heterocycles. The Morgan fingerprint density at radius 3 is 2.20 bits per heavy atom. The van der Waals surface area contributed by atoms with Gasteiger partial charge in [0.1, 0.15) is 0 Å². The first-order chi connectivity index (χ1) is 4.57. The largest absolute Gasteiger partial charge is 0.395 e. The second-order valence-corrected chi connectivity index (χ2v) is 4.51. The van der Waals surface area contributed by atoms with Crippen molar-refractivity contribution in [1.82, 2.24) is 0 Å². The summed E-state index contributed by atoms with van der Waals surface area (Å²) in [7, 11) is 0. The molecule has 3 N–H and O–H groups in total. The Kier molecular flexibility index (Phi) is 5.13. The third-order valence-electron chi connectivity index (χ3n) is 1.44. The van der Waals surface area contributed by atoms with Crippen molar-refractivity contribution in [2.45, 2.75) is 37.3 Å². The summed E-state index contributed by atoms with van der Waals surface area (Å²) in [5.41, 5.74) is 5.64. The quantitative estimate of drug-likeness (QED) is 0.645. The highest BCUT2D eigenvalue weighted by Crippen LogP contribution is 2.18. The van der Waals surface area contributed by atoms with Gasteiger partial charge in [0.2, 0.25) is 0 Å². The molecule has 3 unspecified atom stereocenters. The number of aliphatic hydroxyl groups is 1. The third-order valence-corrected chi connectivity index (χ3v) is 2.92. The molecule has 0 aromatic rings. The highest BCUT2D eigenvalue weighted by atomic mass is 32.2. The predicted octanol–water partition coefficient (Wildman–Crippen LogP) is 0.836. The molecule has 3 atom stereocenters. The van der Waals surface area contributed by atoms with Crippen LogP contribution in [0.4, 0.5) is 0 Å². The molecule has 0 radical (unpaired) electrons. The molecule has 0 heterocycles. The third kappa shape index (κ3) is 4.14. The van der Waals surface area contributed by atoms with E-state index in [1.165, 1.54) is 0 Å². The summed E-state index contributed by atoms with van der Waals surface area (Å²) in [6.45, 7) is 6.31. The van der Waals surface area contributed by atoms with E-state index in [-0.39, 0.29) is 12.6 Å². The van der Waals surface area contributed by atoms with E-state index in [1.807, 2.05) is 13.8 Å². The molecule has 0 aliphatic carbocycles. The second-order valence-electron chi connectivity index (χ2n) is 2.69. The molecule has 0 fully saturated rings. The minimum Gasteiger partial charge on any atom is -0.395 e. The molecule has 0 aromatic carbocycles. The lowest BCUT2D eigenvalue weighted by atomic mass is 10.3. The van der Waals surface area contributed by atoms with Gasteiger partial charge in [-0.15, -0.1) is 0 Å². The molecule has 0 amide bonds. The van der Waals surface area contributed by atoms with Crippen LogP contribution in [0, 0.1) is 0 Å². The molecule has 0 bridgehead atoms. The Balaban J connectivity index is 3.46. The van der Waals surface area contributed by atoms with Crippen LogP contribution in [0.5, 0.6) is 0 Å². The predicted molar refractivity (Wildman–Crippen MR) is 47.3 cm³/mol. The minimum absolute atomic E-state index is 0.207. The second kappa shape index (κ2) is 4.99. The zero-order chi connectivity index (χ0) is 8.15. The van der Waals surface area contributed by atoms with E-state index in [1.54, 1.807) is 11.8 Å². The van der Waals surface area contributed by atoms with Gasteiger partial charge in [0, 0.05) is 16.5 Å². The Morgan fingerprint density at radius 1 is 1.40 bits per heavy atom. The van der Waals surface area contributed by atoms with Gasteiger partial charge in [-0.1, -0.05) is 13.8 Å². The highest BCUT2D eigenvalue weighted by molar-refractivity contribution is 8.00. The summed E-state index contributed by atoms with van der Waals surface area (Å²) in [4.78, 5) is 0. The lowest BCUT2D eigenvalue weighted by molar-refractivity contribution is 0.299. The maximum atomic E-state index is 8.70. The smallest absolute Gasteiger partial charge is 0.0547 e. The summed E-state index contributed by atoms with van der Waals surface area (Å²) in [6.07, 6.45) is 0. The average Bonchev–Trinajstić information content (AvgIpc) is 1.87. The van der Waals surface area contributed by atoms with Crippen LogP contribution < -0.4 is 5.73 Å². The van der Waals surface area contributed by atoms with Crippen molar-refractivity contribution in [1.29, 1.82) is 0 Å². The molecule has 0 aliphatic rings. The summed E-state index contributed by atoms with van der Waals surface area (Å²) in [5, 5.41) is 9.44. The van der Waals surface area contributed by atoms with E-state index in [0.29, 0.717) is 10.5 Å². The van der Waals surface area contributed by atoms with E-state index in [4.69, 9.17) is 10.8 Å². The highest BCUT2D eigenvalue weighted by Gasteiger charge is 2.11. The fourth-order valence-corrected chi connectivity index (χ4v) is 1.60. The Morgan fingerprint density at radius 2 is 1.90 bits per heavy atom. The molecular weight excluding hydrogens is 146 g/mol. The average molecular weight is 163 g/mol. The van der Waals surface area contributed by atoms with Gasteiger partial charge in [0.15, 0.2) is 0 Å². The number of hydrogen-bond acceptors (Lipinski definition) is 3. The van der Waals surface area contributed by atoms with Gasteiger partial charge in [-0.3, -0.25) is 0 Å². The van der Waals surface area contributed by atoms with E-state index in [9.17, 15) is 0 Å². The molecule has 0 aliphatic heterocycles. The van der Waals surface area contributed by atoms with E-state index < -0.39 is 0 Å². The first-order valence-corrected chi connectivity index (χ1v) is 4.54. The Hall–Kier alpha value is 0.270. The lowest BCUT2D eigenvalue weighted by Gasteiger charge is -2.18. The maximum Gasteiger partial charge on any atom is 0.0547 e. The maximum absolute atomic E-state index is 8.70. The van der Waals surface area contributed by atoms with Crippen LogP contribution in [0.1, 0.15) is 20.8 Å². The number of aliphatic hydroxyl groups excluding tert-OH is 1. The summed E-state index contributed by atoms with van der Waals surface area (Å²) in [5.74, 6) is 0. The van der Waals surface area contributed by atoms with Gasteiger partial charge < -0.3 is 10.8 Å². The fourth-order valence-electron chi connectivity index (χ4n) is 0.533. The molecule has 62 valence electrons. The van der Waals surface area contributed by atoms with Gasteiger partial charge in [-0.05, 0) is 6.92 Å². The van der Waals surface area contributed by atoms with Gasteiger partial charge in [-0.25, -0.2) is 0 Å². The lowest BCUT2D eigenvalue weighted by Crippen LogP contribution is -2.28. The van der Waals surface area contributed by atoms with Crippen LogP contribution >= 0.6 is 11.8 Å². The van der Waals surface area contributed by atoms with Crippen LogP contribution in [0.3, 0.4) is 0 Å². The van der Waals surface area contributed by atoms with Crippen LogP contribution in [-0.2, 0) is 0 Å². The number of thioether (sulfide) groups is 1. The number of nitrogens with two attached hydrogens (primary N) is 1. The standard InChI is InChI=1S/C7H17NOS/c1-5(4-9)10-7(3)6(2)8/h5-7,9H,4,8H2,1-3H3. The van der Waals surface area contributed by atoms with Crippen molar-refractivity contribution in [2.24, 2.45) is 5.73 Å². The molecule has 0 aromatic heterocycles. The molecule has 0 spiro atoms. The molecule has 10 heavy (non-hydrogen) atoms. The van der Waals surface area contributed by atoms with Crippen molar-refractivity contribution in [3.05, 3.63) is 0 Å². The van der Waals surface area contributed by atoms with Gasteiger partial charge in [0.05, 0.1) is 6.61 Å². The Bertz CT molecular complexity index is 87.7. The normalized spacial score (nSPS) is 20.1. The Labute approximate surface area is 67.2 Å². The number of hydrogen-bond donors (Lipinski definition) is 2. The van der Waals surface area contributed by atoms with Crippen molar-refractivity contribution >= 4 is 11.8 Å². The van der Waals surface area contributed by atoms with Crippen LogP contribution in [-0.4, -0.2) is 28.3 Å². The van der Waals surface area contributed by atoms with Crippen molar-refractivity contribution in [3.63, 3.8) is 0 Å². The summed E-state index contributed by atoms with van der Waals surface area (Å²) < 4.78 is 0. The van der Waals surface area contributed by atoms with Crippen LogP contribution in [0.2, 0.25) is 0 Å².